The number of ether oxygens (including phenoxy) is 1. The van der Waals surface area contributed by atoms with Crippen molar-refractivity contribution in [2.24, 2.45) is 0 Å². The zero-order valence-electron chi connectivity index (χ0n) is 11.4. The molecule has 0 aromatic heterocycles. The van der Waals surface area contributed by atoms with E-state index in [1.54, 1.807) is 0 Å². The SMILES string of the molecule is CCSCCCOc1ccc(CCC(C)O)cc1. The minimum atomic E-state index is -0.225. The molecule has 0 amide bonds. The largest absolute Gasteiger partial charge is 0.494 e. The van der Waals surface area contributed by atoms with E-state index in [2.05, 4.69) is 19.1 Å². The molecule has 1 aromatic rings. The number of thioether (sulfide) groups is 1. The summed E-state index contributed by atoms with van der Waals surface area (Å²) in [7, 11) is 0. The predicted octanol–water partition coefficient (Wildman–Crippen LogP) is 3.52. The first-order chi connectivity index (χ1) is 8.72. The van der Waals surface area contributed by atoms with Crippen molar-refractivity contribution in [2.45, 2.75) is 39.2 Å². The molecule has 0 aliphatic heterocycles. The number of aryl methyl sites for hydroxylation is 1. The molecule has 1 aromatic carbocycles. The van der Waals surface area contributed by atoms with Crippen LogP contribution in [0.3, 0.4) is 0 Å². The third kappa shape index (κ3) is 6.92. The van der Waals surface area contributed by atoms with Crippen molar-refractivity contribution in [3.8, 4) is 5.75 Å². The van der Waals surface area contributed by atoms with E-state index in [4.69, 9.17) is 4.74 Å². The maximum Gasteiger partial charge on any atom is 0.119 e. The summed E-state index contributed by atoms with van der Waals surface area (Å²) < 4.78 is 5.67. The van der Waals surface area contributed by atoms with Crippen LogP contribution in [0.25, 0.3) is 0 Å². The van der Waals surface area contributed by atoms with Crippen molar-refractivity contribution in [2.75, 3.05) is 18.1 Å². The molecule has 0 aliphatic rings. The van der Waals surface area contributed by atoms with Gasteiger partial charge in [0.25, 0.3) is 0 Å². The lowest BCUT2D eigenvalue weighted by molar-refractivity contribution is 0.185. The molecule has 1 unspecified atom stereocenters. The van der Waals surface area contributed by atoms with Gasteiger partial charge in [0, 0.05) is 0 Å². The van der Waals surface area contributed by atoms with E-state index < -0.39 is 0 Å². The van der Waals surface area contributed by atoms with Crippen LogP contribution in [0.5, 0.6) is 5.75 Å². The van der Waals surface area contributed by atoms with Gasteiger partial charge in [0.2, 0.25) is 0 Å². The van der Waals surface area contributed by atoms with Crippen LogP contribution in [0, 0.1) is 0 Å². The number of benzene rings is 1. The number of hydrogen-bond acceptors (Lipinski definition) is 3. The minimum Gasteiger partial charge on any atom is -0.494 e. The zero-order chi connectivity index (χ0) is 13.2. The molecule has 1 atom stereocenters. The van der Waals surface area contributed by atoms with Gasteiger partial charge in [-0.25, -0.2) is 0 Å². The minimum absolute atomic E-state index is 0.225. The van der Waals surface area contributed by atoms with E-state index >= 15 is 0 Å². The zero-order valence-corrected chi connectivity index (χ0v) is 12.2. The molecule has 1 rings (SSSR count). The van der Waals surface area contributed by atoms with Crippen LogP contribution < -0.4 is 4.74 Å². The molecule has 0 spiro atoms. The van der Waals surface area contributed by atoms with Crippen LogP contribution in [-0.2, 0) is 6.42 Å². The first kappa shape index (κ1) is 15.4. The highest BCUT2D eigenvalue weighted by atomic mass is 32.2. The quantitative estimate of drug-likeness (QED) is 0.695. The molecule has 0 saturated heterocycles. The number of hydrogen-bond donors (Lipinski definition) is 1. The van der Waals surface area contributed by atoms with Gasteiger partial charge >= 0.3 is 0 Å². The van der Waals surface area contributed by atoms with E-state index in [1.807, 2.05) is 30.8 Å². The van der Waals surface area contributed by atoms with Crippen LogP contribution in [0.15, 0.2) is 24.3 Å². The third-order valence-corrected chi connectivity index (χ3v) is 3.67. The summed E-state index contributed by atoms with van der Waals surface area (Å²) in [6.45, 7) is 4.79. The van der Waals surface area contributed by atoms with E-state index in [0.29, 0.717) is 0 Å². The second-order valence-electron chi connectivity index (χ2n) is 4.43. The number of aliphatic hydroxyl groups is 1. The van der Waals surface area contributed by atoms with Crippen molar-refractivity contribution in [3.63, 3.8) is 0 Å². The van der Waals surface area contributed by atoms with E-state index in [0.717, 1.165) is 31.6 Å². The Kier molecular flexibility index (Phi) is 7.94. The average molecular weight is 268 g/mol. The van der Waals surface area contributed by atoms with E-state index in [9.17, 15) is 5.11 Å². The maximum absolute atomic E-state index is 9.23. The first-order valence-electron chi connectivity index (χ1n) is 6.70. The molecule has 0 bridgehead atoms. The van der Waals surface area contributed by atoms with Gasteiger partial charge in [0.05, 0.1) is 12.7 Å². The van der Waals surface area contributed by atoms with Gasteiger partial charge in [0.1, 0.15) is 5.75 Å². The van der Waals surface area contributed by atoms with Crippen molar-refractivity contribution >= 4 is 11.8 Å². The molecular formula is C15H24O2S. The molecule has 0 aliphatic carbocycles. The highest BCUT2D eigenvalue weighted by Gasteiger charge is 1.99. The summed E-state index contributed by atoms with van der Waals surface area (Å²) in [6, 6.07) is 8.20. The predicted molar refractivity (Wildman–Crippen MR) is 79.6 cm³/mol. The summed E-state index contributed by atoms with van der Waals surface area (Å²) in [4.78, 5) is 0. The Morgan fingerprint density at radius 1 is 1.28 bits per heavy atom. The Balaban J connectivity index is 2.23. The smallest absolute Gasteiger partial charge is 0.119 e. The van der Waals surface area contributed by atoms with Gasteiger partial charge in [0.15, 0.2) is 0 Å². The fourth-order valence-corrected chi connectivity index (χ4v) is 2.23. The summed E-state index contributed by atoms with van der Waals surface area (Å²) >= 11 is 1.95. The highest BCUT2D eigenvalue weighted by molar-refractivity contribution is 7.99. The molecule has 18 heavy (non-hydrogen) atoms. The van der Waals surface area contributed by atoms with Crippen molar-refractivity contribution < 1.29 is 9.84 Å². The van der Waals surface area contributed by atoms with Gasteiger partial charge in [-0.1, -0.05) is 19.1 Å². The molecule has 2 nitrogen and oxygen atoms in total. The van der Waals surface area contributed by atoms with Gasteiger partial charge in [-0.2, -0.15) is 11.8 Å². The fraction of sp³-hybridized carbons (Fsp3) is 0.600. The van der Waals surface area contributed by atoms with Crippen molar-refractivity contribution in [1.82, 2.24) is 0 Å². The topological polar surface area (TPSA) is 29.5 Å². The Morgan fingerprint density at radius 2 is 2.00 bits per heavy atom. The van der Waals surface area contributed by atoms with Crippen LogP contribution in [0.2, 0.25) is 0 Å². The van der Waals surface area contributed by atoms with Crippen LogP contribution in [-0.4, -0.2) is 29.3 Å². The Morgan fingerprint density at radius 3 is 2.61 bits per heavy atom. The van der Waals surface area contributed by atoms with Gasteiger partial charge in [-0.05, 0) is 55.4 Å². The van der Waals surface area contributed by atoms with Gasteiger partial charge in [-0.3, -0.25) is 0 Å². The van der Waals surface area contributed by atoms with E-state index in [-0.39, 0.29) is 6.10 Å². The molecule has 1 N–H and O–H groups in total. The summed E-state index contributed by atoms with van der Waals surface area (Å²) in [5, 5.41) is 9.23. The lowest BCUT2D eigenvalue weighted by atomic mass is 10.1. The first-order valence-corrected chi connectivity index (χ1v) is 7.85. The third-order valence-electron chi connectivity index (χ3n) is 2.68. The molecular weight excluding hydrogens is 244 g/mol. The van der Waals surface area contributed by atoms with Crippen molar-refractivity contribution in [1.29, 1.82) is 0 Å². The Labute approximate surface area is 115 Å². The van der Waals surface area contributed by atoms with Crippen LogP contribution in [0.4, 0.5) is 0 Å². The standard InChI is InChI=1S/C15H24O2S/c1-3-18-12-4-11-17-15-9-7-14(8-10-15)6-5-13(2)16/h7-10,13,16H,3-6,11-12H2,1-2H3. The lowest BCUT2D eigenvalue weighted by Gasteiger charge is -2.08. The average Bonchev–Trinajstić information content (AvgIpc) is 2.37. The number of aliphatic hydroxyl groups excluding tert-OH is 1. The Hall–Kier alpha value is -0.670. The fourth-order valence-electron chi connectivity index (χ4n) is 1.62. The maximum atomic E-state index is 9.23. The van der Waals surface area contributed by atoms with Crippen LogP contribution >= 0.6 is 11.8 Å². The summed E-state index contributed by atoms with van der Waals surface area (Å²) in [5.74, 6) is 3.29. The normalized spacial score (nSPS) is 12.4. The van der Waals surface area contributed by atoms with Crippen LogP contribution in [0.1, 0.15) is 32.3 Å². The number of rotatable bonds is 9. The second-order valence-corrected chi connectivity index (χ2v) is 5.82. The Bertz CT molecular complexity index is 309. The second kappa shape index (κ2) is 9.29. The lowest BCUT2D eigenvalue weighted by Crippen LogP contribution is -2.02. The van der Waals surface area contributed by atoms with Crippen molar-refractivity contribution in [3.05, 3.63) is 29.8 Å². The molecule has 3 heteroatoms. The van der Waals surface area contributed by atoms with E-state index in [1.165, 1.54) is 17.1 Å². The molecule has 0 fully saturated rings. The van der Waals surface area contributed by atoms with Gasteiger partial charge < -0.3 is 9.84 Å². The highest BCUT2D eigenvalue weighted by Crippen LogP contribution is 2.14. The molecule has 0 radical (unpaired) electrons. The van der Waals surface area contributed by atoms with Gasteiger partial charge in [-0.15, -0.1) is 0 Å². The summed E-state index contributed by atoms with van der Waals surface area (Å²) in [6.07, 6.45) is 2.61. The molecule has 0 heterocycles. The monoisotopic (exact) mass is 268 g/mol. The molecule has 0 saturated carbocycles. The molecule has 102 valence electrons. The summed E-state index contributed by atoms with van der Waals surface area (Å²) in [5.41, 5.74) is 1.25.